The molecular weight excluding hydrogens is 162 g/mol. The number of nitrogen functional groups attached to an aromatic ring is 2. The van der Waals surface area contributed by atoms with Crippen molar-refractivity contribution in [1.82, 2.24) is 4.73 Å². The molecular formula is C6H7N3OS. The number of hydrogen-bond donors (Lipinski definition) is 3. The fraction of sp³-hybridized carbons (Fsp3) is 0. The van der Waals surface area contributed by atoms with E-state index in [1.54, 1.807) is 12.1 Å². The third-order valence-corrected chi connectivity index (χ3v) is 2.41. The van der Waals surface area contributed by atoms with Crippen molar-refractivity contribution in [3.05, 3.63) is 12.1 Å². The predicted octanol–water partition coefficient (Wildman–Crippen LogP) is 1.10. The van der Waals surface area contributed by atoms with Gasteiger partial charge in [-0.1, -0.05) is 0 Å². The molecule has 5 N–H and O–H groups in total. The molecule has 0 unspecified atom stereocenters. The standard InChI is InChI=1S/C6H7N3OS/c7-5-2-4-3(9(5)10)1-6(8)11-4/h1-2,10H,7-8H2. The van der Waals surface area contributed by atoms with Crippen LogP contribution in [0.2, 0.25) is 0 Å². The minimum Gasteiger partial charge on any atom is -0.426 e. The number of hydrogen-bond acceptors (Lipinski definition) is 4. The Hall–Kier alpha value is -1.36. The normalized spacial score (nSPS) is 10.9. The van der Waals surface area contributed by atoms with Crippen LogP contribution in [0.1, 0.15) is 0 Å². The molecule has 2 rings (SSSR count). The molecule has 2 heterocycles. The monoisotopic (exact) mass is 169 g/mol. The number of thiophene rings is 1. The quantitative estimate of drug-likeness (QED) is 0.517. The van der Waals surface area contributed by atoms with Gasteiger partial charge in [-0.2, -0.15) is 4.73 Å². The lowest BCUT2D eigenvalue weighted by molar-refractivity contribution is 0.206. The van der Waals surface area contributed by atoms with Crippen LogP contribution in [0.3, 0.4) is 0 Å². The van der Waals surface area contributed by atoms with Crippen molar-refractivity contribution in [2.45, 2.75) is 0 Å². The Morgan fingerprint density at radius 3 is 2.73 bits per heavy atom. The molecule has 0 aliphatic heterocycles. The number of nitrogens with two attached hydrogens (primary N) is 2. The fourth-order valence-corrected chi connectivity index (χ4v) is 1.87. The summed E-state index contributed by atoms with van der Waals surface area (Å²) in [5.74, 6) is 0.339. The number of aromatic nitrogens is 1. The first kappa shape index (κ1) is 6.36. The van der Waals surface area contributed by atoms with E-state index in [9.17, 15) is 5.21 Å². The van der Waals surface area contributed by atoms with Gasteiger partial charge in [-0.15, -0.1) is 11.3 Å². The Morgan fingerprint density at radius 2 is 2.09 bits per heavy atom. The third kappa shape index (κ3) is 0.743. The van der Waals surface area contributed by atoms with Gasteiger partial charge in [0, 0.05) is 12.1 Å². The van der Waals surface area contributed by atoms with Gasteiger partial charge in [0.2, 0.25) is 0 Å². The number of fused-ring (bicyclic) bond motifs is 1. The highest BCUT2D eigenvalue weighted by Crippen LogP contribution is 2.30. The molecule has 0 saturated heterocycles. The molecule has 0 aromatic carbocycles. The van der Waals surface area contributed by atoms with Gasteiger partial charge in [0.1, 0.15) is 11.3 Å². The number of rotatable bonds is 0. The number of anilines is 2. The number of nitrogens with zero attached hydrogens (tertiary/aromatic N) is 1. The molecule has 0 spiro atoms. The van der Waals surface area contributed by atoms with Crippen molar-refractivity contribution in [1.29, 1.82) is 0 Å². The minimum atomic E-state index is 0.339. The molecule has 58 valence electrons. The minimum absolute atomic E-state index is 0.339. The summed E-state index contributed by atoms with van der Waals surface area (Å²) in [4.78, 5) is 0. The van der Waals surface area contributed by atoms with Crippen LogP contribution in [0, 0.1) is 0 Å². The van der Waals surface area contributed by atoms with E-state index in [0.717, 1.165) is 9.43 Å². The molecule has 2 aromatic rings. The molecule has 0 saturated carbocycles. The first-order valence-electron chi connectivity index (χ1n) is 3.04. The van der Waals surface area contributed by atoms with Crippen LogP contribution in [0.4, 0.5) is 10.8 Å². The van der Waals surface area contributed by atoms with Crippen molar-refractivity contribution in [3.8, 4) is 0 Å². The van der Waals surface area contributed by atoms with Crippen LogP contribution in [0.15, 0.2) is 12.1 Å². The molecule has 0 radical (unpaired) electrons. The first-order valence-corrected chi connectivity index (χ1v) is 3.85. The second kappa shape index (κ2) is 1.82. The molecule has 0 amide bonds. The van der Waals surface area contributed by atoms with Crippen molar-refractivity contribution < 1.29 is 5.21 Å². The van der Waals surface area contributed by atoms with E-state index in [-0.39, 0.29) is 0 Å². The lowest BCUT2D eigenvalue weighted by Gasteiger charge is -1.92. The molecule has 2 aromatic heterocycles. The highest BCUT2D eigenvalue weighted by atomic mass is 32.1. The van der Waals surface area contributed by atoms with Crippen LogP contribution < -0.4 is 11.5 Å². The lowest BCUT2D eigenvalue weighted by Crippen LogP contribution is -1.95. The highest BCUT2D eigenvalue weighted by Gasteiger charge is 2.07. The Bertz CT molecular complexity index is 403. The van der Waals surface area contributed by atoms with Crippen LogP contribution in [0.25, 0.3) is 10.2 Å². The van der Waals surface area contributed by atoms with E-state index >= 15 is 0 Å². The van der Waals surface area contributed by atoms with E-state index in [1.807, 2.05) is 0 Å². The summed E-state index contributed by atoms with van der Waals surface area (Å²) < 4.78 is 1.84. The average Bonchev–Trinajstić information content (AvgIpc) is 2.37. The van der Waals surface area contributed by atoms with Gasteiger partial charge in [-0.25, -0.2) is 0 Å². The van der Waals surface area contributed by atoms with Crippen LogP contribution in [-0.4, -0.2) is 9.94 Å². The fourth-order valence-electron chi connectivity index (χ4n) is 1.02. The lowest BCUT2D eigenvalue weighted by atomic mass is 10.5. The second-order valence-electron chi connectivity index (χ2n) is 2.28. The van der Waals surface area contributed by atoms with Gasteiger partial charge >= 0.3 is 0 Å². The smallest absolute Gasteiger partial charge is 0.141 e. The van der Waals surface area contributed by atoms with E-state index in [1.165, 1.54) is 11.3 Å². The molecule has 0 bridgehead atoms. The Morgan fingerprint density at radius 1 is 1.36 bits per heavy atom. The summed E-state index contributed by atoms with van der Waals surface area (Å²) in [5, 5.41) is 9.93. The van der Waals surface area contributed by atoms with Gasteiger partial charge in [-0.3, -0.25) is 0 Å². The zero-order valence-corrected chi connectivity index (χ0v) is 6.43. The van der Waals surface area contributed by atoms with Gasteiger partial charge in [0.25, 0.3) is 0 Å². The van der Waals surface area contributed by atoms with Gasteiger partial charge in [0.05, 0.1) is 9.70 Å². The third-order valence-electron chi connectivity index (χ3n) is 1.51. The molecule has 11 heavy (non-hydrogen) atoms. The molecule has 4 nitrogen and oxygen atoms in total. The van der Waals surface area contributed by atoms with Crippen LogP contribution >= 0.6 is 11.3 Å². The molecule has 5 heteroatoms. The maximum Gasteiger partial charge on any atom is 0.141 e. The maximum atomic E-state index is 9.25. The van der Waals surface area contributed by atoms with Gasteiger partial charge in [0.15, 0.2) is 0 Å². The van der Waals surface area contributed by atoms with Crippen molar-refractivity contribution in [2.24, 2.45) is 0 Å². The Kier molecular flexibility index (Phi) is 1.05. The zero-order valence-electron chi connectivity index (χ0n) is 5.61. The first-order chi connectivity index (χ1) is 5.18. The van der Waals surface area contributed by atoms with Gasteiger partial charge < -0.3 is 16.7 Å². The average molecular weight is 169 g/mol. The predicted molar refractivity (Wildman–Crippen MR) is 45.8 cm³/mol. The maximum absolute atomic E-state index is 9.25. The summed E-state index contributed by atoms with van der Waals surface area (Å²) >= 11 is 1.40. The summed E-state index contributed by atoms with van der Waals surface area (Å²) in [6.45, 7) is 0. The second-order valence-corrected chi connectivity index (χ2v) is 3.39. The van der Waals surface area contributed by atoms with Crippen LogP contribution in [-0.2, 0) is 0 Å². The molecule has 0 aliphatic rings. The van der Waals surface area contributed by atoms with Gasteiger partial charge in [-0.05, 0) is 0 Å². The molecule has 0 aliphatic carbocycles. The summed E-state index contributed by atoms with van der Waals surface area (Å²) in [7, 11) is 0. The SMILES string of the molecule is Nc1cc2c(cc(N)n2O)s1. The van der Waals surface area contributed by atoms with Crippen LogP contribution in [0.5, 0.6) is 0 Å². The van der Waals surface area contributed by atoms with E-state index in [2.05, 4.69) is 0 Å². The summed E-state index contributed by atoms with van der Waals surface area (Å²) in [6.07, 6.45) is 0. The molecule has 0 fully saturated rings. The van der Waals surface area contributed by atoms with Crippen molar-refractivity contribution in [3.63, 3.8) is 0 Å². The molecule has 0 atom stereocenters. The Labute approximate surface area is 66.6 Å². The Balaban J connectivity index is 2.88. The summed E-state index contributed by atoms with van der Waals surface area (Å²) in [5.41, 5.74) is 11.6. The van der Waals surface area contributed by atoms with E-state index in [4.69, 9.17) is 11.5 Å². The van der Waals surface area contributed by atoms with Crippen molar-refractivity contribution >= 4 is 32.4 Å². The topological polar surface area (TPSA) is 77.2 Å². The van der Waals surface area contributed by atoms with Crippen molar-refractivity contribution in [2.75, 3.05) is 11.5 Å². The van der Waals surface area contributed by atoms with E-state index < -0.39 is 0 Å². The summed E-state index contributed by atoms with van der Waals surface area (Å²) in [6, 6.07) is 3.38. The van der Waals surface area contributed by atoms with E-state index in [0.29, 0.717) is 16.3 Å². The largest absolute Gasteiger partial charge is 0.426 e. The highest BCUT2D eigenvalue weighted by molar-refractivity contribution is 7.22. The zero-order chi connectivity index (χ0) is 8.01.